The van der Waals surface area contributed by atoms with Crippen molar-refractivity contribution in [3.63, 3.8) is 0 Å². The number of rotatable bonds is 5. The largest absolute Gasteiger partial charge is 0.573 e. The van der Waals surface area contributed by atoms with Crippen LogP contribution in [0.25, 0.3) is 0 Å². The molecule has 0 radical (unpaired) electrons. The third kappa shape index (κ3) is 4.80. The monoisotopic (exact) mass is 377 g/mol. The normalized spacial score (nSPS) is 11.6. The summed E-state index contributed by atoms with van der Waals surface area (Å²) in [7, 11) is 0. The van der Waals surface area contributed by atoms with Crippen LogP contribution < -0.4 is 4.74 Å². The maximum atomic E-state index is 12.8. The topological polar surface area (TPSA) is 48.4 Å². The molecule has 0 aromatic carbocycles. The van der Waals surface area contributed by atoms with Crippen molar-refractivity contribution in [2.75, 3.05) is 6.61 Å². The van der Waals surface area contributed by atoms with E-state index in [0.29, 0.717) is 6.07 Å². The second kappa shape index (κ2) is 7.01. The average Bonchev–Trinajstić information content (AvgIpc) is 2.36. The summed E-state index contributed by atoms with van der Waals surface area (Å²) in [5.74, 6) is -2.16. The lowest BCUT2D eigenvalue weighted by molar-refractivity contribution is -0.275. The van der Waals surface area contributed by atoms with E-state index in [0.717, 1.165) is 0 Å². The molecule has 4 nitrogen and oxygen atoms in total. The summed E-state index contributed by atoms with van der Waals surface area (Å²) >= 11 is 2.93. The molecule has 0 bridgehead atoms. The van der Waals surface area contributed by atoms with E-state index in [2.05, 4.69) is 30.4 Å². The molecule has 0 spiro atoms. The van der Waals surface area contributed by atoms with Crippen LogP contribution in [0.2, 0.25) is 0 Å². The van der Waals surface area contributed by atoms with Crippen LogP contribution in [-0.2, 0) is 10.1 Å². The number of halogens is 6. The number of hydrogen-bond acceptors (Lipinski definition) is 4. The molecule has 10 heteroatoms. The molecular formula is C11H9BrF5NO3. The minimum absolute atomic E-state index is 0.0347. The molecule has 1 heterocycles. The number of aromatic nitrogens is 1. The summed E-state index contributed by atoms with van der Waals surface area (Å²) < 4.78 is 70.3. The quantitative estimate of drug-likeness (QED) is 0.442. The van der Waals surface area contributed by atoms with Crippen molar-refractivity contribution in [1.29, 1.82) is 0 Å². The van der Waals surface area contributed by atoms with Crippen LogP contribution in [0.1, 0.15) is 35.1 Å². The summed E-state index contributed by atoms with van der Waals surface area (Å²) in [6.07, 6.45) is -8.50. The molecule has 1 aromatic heterocycles. The van der Waals surface area contributed by atoms with Crippen LogP contribution in [0.3, 0.4) is 0 Å². The fourth-order valence-electron chi connectivity index (χ4n) is 1.39. The van der Waals surface area contributed by atoms with Gasteiger partial charge >= 0.3 is 12.3 Å². The van der Waals surface area contributed by atoms with Crippen LogP contribution in [0.5, 0.6) is 5.75 Å². The Bertz CT molecular complexity index is 521. The number of esters is 1. The second-order valence-electron chi connectivity index (χ2n) is 3.58. The molecule has 0 aliphatic rings. The van der Waals surface area contributed by atoms with Gasteiger partial charge in [-0.2, -0.15) is 0 Å². The summed E-state index contributed by atoms with van der Waals surface area (Å²) in [6, 6.07) is 0.684. The fourth-order valence-corrected chi connectivity index (χ4v) is 1.82. The molecule has 118 valence electrons. The summed E-state index contributed by atoms with van der Waals surface area (Å²) in [4.78, 5) is 14.8. The zero-order valence-electron chi connectivity index (χ0n) is 10.5. The Balaban J connectivity index is 3.37. The smallest absolute Gasteiger partial charge is 0.461 e. The van der Waals surface area contributed by atoms with Crippen LogP contribution in [0.4, 0.5) is 22.0 Å². The molecule has 1 rings (SSSR count). The van der Waals surface area contributed by atoms with Crippen molar-refractivity contribution < 1.29 is 36.2 Å². The predicted molar refractivity (Wildman–Crippen MR) is 64.5 cm³/mol. The molecule has 0 N–H and O–H groups in total. The van der Waals surface area contributed by atoms with Crippen molar-refractivity contribution in [2.45, 2.75) is 25.0 Å². The molecule has 0 amide bonds. The minimum atomic E-state index is -5.15. The standard InChI is InChI=1S/C11H9BrF5NO3/c1-2-20-10(19)7-5(4-12)3-6(21-11(15,16)17)8(18-7)9(13)14/h3,9H,2,4H2,1H3. The van der Waals surface area contributed by atoms with Gasteiger partial charge in [0, 0.05) is 5.33 Å². The number of carbonyl (C=O) groups is 1. The van der Waals surface area contributed by atoms with Crippen LogP contribution >= 0.6 is 15.9 Å². The highest BCUT2D eigenvalue weighted by molar-refractivity contribution is 9.08. The zero-order valence-corrected chi connectivity index (χ0v) is 12.1. The third-order valence-corrected chi connectivity index (χ3v) is 2.74. The Morgan fingerprint density at radius 1 is 1.43 bits per heavy atom. The Hall–Kier alpha value is -1.45. The third-order valence-electron chi connectivity index (χ3n) is 2.14. The number of carbonyl (C=O) groups excluding carboxylic acids is 1. The molecule has 0 saturated heterocycles. The SMILES string of the molecule is CCOC(=O)c1nc(C(F)F)c(OC(F)(F)F)cc1CBr. The van der Waals surface area contributed by atoms with Gasteiger partial charge in [0.2, 0.25) is 0 Å². The van der Waals surface area contributed by atoms with Crippen LogP contribution in [0, 0.1) is 0 Å². The summed E-state index contributed by atoms with van der Waals surface area (Å²) in [5, 5.41) is -0.0914. The first-order valence-electron chi connectivity index (χ1n) is 5.50. The van der Waals surface area contributed by atoms with E-state index in [1.807, 2.05) is 0 Å². The maximum absolute atomic E-state index is 12.8. The van der Waals surface area contributed by atoms with Gasteiger partial charge in [0.05, 0.1) is 6.61 Å². The van der Waals surface area contributed by atoms with Crippen molar-refractivity contribution in [2.24, 2.45) is 0 Å². The lowest BCUT2D eigenvalue weighted by Crippen LogP contribution is -2.20. The zero-order chi connectivity index (χ0) is 16.2. The molecule has 1 aromatic rings. The molecule has 21 heavy (non-hydrogen) atoms. The van der Waals surface area contributed by atoms with Crippen molar-refractivity contribution in [1.82, 2.24) is 4.98 Å². The first-order valence-corrected chi connectivity index (χ1v) is 6.62. The average molecular weight is 378 g/mol. The van der Waals surface area contributed by atoms with Crippen molar-refractivity contribution in [3.8, 4) is 5.75 Å². The van der Waals surface area contributed by atoms with Crippen LogP contribution in [0.15, 0.2) is 6.07 Å². The van der Waals surface area contributed by atoms with E-state index >= 15 is 0 Å². The highest BCUT2D eigenvalue weighted by atomic mass is 79.9. The van der Waals surface area contributed by atoms with Gasteiger partial charge in [0.1, 0.15) is 5.69 Å². The summed E-state index contributed by atoms with van der Waals surface area (Å²) in [6.45, 7) is 1.45. The first-order chi connectivity index (χ1) is 9.69. The molecule has 0 saturated carbocycles. The number of nitrogens with zero attached hydrogens (tertiary/aromatic N) is 1. The Labute approximate surface area is 124 Å². The highest BCUT2D eigenvalue weighted by Gasteiger charge is 2.35. The Kier molecular flexibility index (Phi) is 5.87. The highest BCUT2D eigenvalue weighted by Crippen LogP contribution is 2.34. The molecule has 0 unspecified atom stereocenters. The van der Waals surface area contributed by atoms with Gasteiger partial charge in [-0.15, -0.1) is 13.2 Å². The van der Waals surface area contributed by atoms with E-state index in [4.69, 9.17) is 0 Å². The number of hydrogen-bond donors (Lipinski definition) is 0. The summed E-state index contributed by atoms with van der Waals surface area (Å²) in [5.41, 5.74) is -1.82. The van der Waals surface area contributed by atoms with E-state index in [-0.39, 0.29) is 17.5 Å². The van der Waals surface area contributed by atoms with E-state index in [9.17, 15) is 26.7 Å². The number of alkyl halides is 6. The predicted octanol–water partition coefficient (Wildman–Crippen LogP) is 3.99. The lowest BCUT2D eigenvalue weighted by atomic mass is 10.2. The Morgan fingerprint density at radius 3 is 2.48 bits per heavy atom. The maximum Gasteiger partial charge on any atom is 0.573 e. The number of ether oxygens (including phenoxy) is 2. The van der Waals surface area contributed by atoms with Crippen molar-refractivity contribution in [3.05, 3.63) is 23.0 Å². The molecule has 0 aliphatic carbocycles. The van der Waals surface area contributed by atoms with Gasteiger partial charge in [-0.3, -0.25) is 0 Å². The molecule has 0 aliphatic heterocycles. The van der Waals surface area contributed by atoms with Gasteiger partial charge in [0.25, 0.3) is 6.43 Å². The Morgan fingerprint density at radius 2 is 2.05 bits per heavy atom. The van der Waals surface area contributed by atoms with Gasteiger partial charge in [-0.25, -0.2) is 18.6 Å². The molecule has 0 atom stereocenters. The van der Waals surface area contributed by atoms with Crippen LogP contribution in [-0.4, -0.2) is 23.9 Å². The first kappa shape index (κ1) is 17.6. The minimum Gasteiger partial charge on any atom is -0.461 e. The van der Waals surface area contributed by atoms with Gasteiger partial charge in [0.15, 0.2) is 11.4 Å². The van der Waals surface area contributed by atoms with E-state index < -0.39 is 35.9 Å². The number of pyridine rings is 1. The van der Waals surface area contributed by atoms with E-state index in [1.54, 1.807) is 0 Å². The molecular weight excluding hydrogens is 369 g/mol. The van der Waals surface area contributed by atoms with Gasteiger partial charge in [-0.1, -0.05) is 15.9 Å². The fraction of sp³-hybridized carbons (Fsp3) is 0.455. The molecule has 0 fully saturated rings. The lowest BCUT2D eigenvalue weighted by Gasteiger charge is -2.15. The van der Waals surface area contributed by atoms with E-state index in [1.165, 1.54) is 6.92 Å². The van der Waals surface area contributed by atoms with Gasteiger partial charge < -0.3 is 9.47 Å². The van der Waals surface area contributed by atoms with Gasteiger partial charge in [-0.05, 0) is 18.6 Å². The second-order valence-corrected chi connectivity index (χ2v) is 4.14. The van der Waals surface area contributed by atoms with Crippen molar-refractivity contribution >= 4 is 21.9 Å².